The minimum Gasteiger partial charge on any atom is -0.497 e. The average Bonchev–Trinajstić information content (AvgIpc) is 3.13. The highest BCUT2D eigenvalue weighted by molar-refractivity contribution is 8.18. The average molecular weight is 490 g/mol. The Morgan fingerprint density at radius 2 is 1.63 bits per heavy atom. The summed E-state index contributed by atoms with van der Waals surface area (Å²) in [6.45, 7) is 2.29. The van der Waals surface area contributed by atoms with Gasteiger partial charge in [-0.1, -0.05) is 35.9 Å². The van der Waals surface area contributed by atoms with Gasteiger partial charge in [0, 0.05) is 5.56 Å². The maximum atomic E-state index is 12.9. The van der Waals surface area contributed by atoms with Crippen LogP contribution in [0.3, 0.4) is 0 Å². The fourth-order valence-corrected chi connectivity index (χ4v) is 4.16. The molecule has 0 unspecified atom stereocenters. The molecule has 0 aromatic heterocycles. The van der Waals surface area contributed by atoms with E-state index in [1.165, 1.54) is 0 Å². The lowest BCUT2D eigenvalue weighted by atomic mass is 10.1. The molecule has 8 heteroatoms. The summed E-state index contributed by atoms with van der Waals surface area (Å²) in [5.74, 6) is 0.620. The number of para-hydroxylation sites is 1. The minimum absolute atomic E-state index is 0.129. The first-order valence-electron chi connectivity index (χ1n) is 10.8. The molecule has 1 saturated heterocycles. The van der Waals surface area contributed by atoms with Crippen molar-refractivity contribution in [3.8, 4) is 17.2 Å². The van der Waals surface area contributed by atoms with Crippen LogP contribution in [0.25, 0.3) is 6.08 Å². The van der Waals surface area contributed by atoms with Crippen molar-refractivity contribution >= 4 is 35.0 Å². The quantitative estimate of drug-likeness (QED) is 0.240. The van der Waals surface area contributed by atoms with Crippen LogP contribution in [0.5, 0.6) is 17.2 Å². The number of hydrogen-bond acceptors (Lipinski definition) is 7. The Kier molecular flexibility index (Phi) is 7.52. The molecule has 1 heterocycles. The lowest BCUT2D eigenvalue weighted by molar-refractivity contribution is -0.123. The lowest BCUT2D eigenvalue weighted by Gasteiger charge is -2.13. The van der Waals surface area contributed by atoms with E-state index >= 15 is 0 Å². The first-order chi connectivity index (χ1) is 16.9. The molecular weight excluding hydrogens is 466 g/mol. The van der Waals surface area contributed by atoms with Crippen molar-refractivity contribution < 1.29 is 28.6 Å². The van der Waals surface area contributed by atoms with Crippen LogP contribution in [0.15, 0.2) is 77.7 Å². The maximum absolute atomic E-state index is 12.9. The van der Waals surface area contributed by atoms with E-state index in [1.54, 1.807) is 61.7 Å². The zero-order chi connectivity index (χ0) is 24.8. The number of imide groups is 1. The van der Waals surface area contributed by atoms with Gasteiger partial charge < -0.3 is 14.2 Å². The molecule has 0 radical (unpaired) electrons. The summed E-state index contributed by atoms with van der Waals surface area (Å²) in [6.07, 6.45) is 1.56. The molecule has 1 aliphatic rings. The van der Waals surface area contributed by atoms with Gasteiger partial charge in [-0.15, -0.1) is 0 Å². The van der Waals surface area contributed by atoms with E-state index in [9.17, 15) is 14.4 Å². The van der Waals surface area contributed by atoms with Crippen molar-refractivity contribution in [2.45, 2.75) is 6.92 Å². The molecule has 0 aliphatic carbocycles. The van der Waals surface area contributed by atoms with Gasteiger partial charge in [0.05, 0.1) is 24.1 Å². The second-order valence-corrected chi connectivity index (χ2v) is 8.64. The predicted molar refractivity (Wildman–Crippen MR) is 134 cm³/mol. The van der Waals surface area contributed by atoms with Gasteiger partial charge in [-0.25, -0.2) is 4.79 Å². The summed E-state index contributed by atoms with van der Waals surface area (Å²) in [5.41, 5.74) is 1.98. The molecule has 178 valence electrons. The SMILES string of the molecule is COc1ccc(C(=O)Oc2ccccc2/C=C2\SC(=O)N(CCOc3ccc(C)cc3)C2=O)cc1. The number of ether oxygens (including phenoxy) is 3. The van der Waals surface area contributed by atoms with Crippen LogP contribution in [-0.2, 0) is 4.79 Å². The van der Waals surface area contributed by atoms with Crippen molar-refractivity contribution in [2.75, 3.05) is 20.3 Å². The minimum atomic E-state index is -0.546. The molecule has 0 bridgehead atoms. The fraction of sp³-hybridized carbons (Fsp3) is 0.148. The third-order valence-electron chi connectivity index (χ3n) is 5.21. The van der Waals surface area contributed by atoms with Gasteiger partial charge >= 0.3 is 5.97 Å². The molecule has 0 spiro atoms. The summed E-state index contributed by atoms with van der Waals surface area (Å²) in [7, 11) is 1.54. The Bertz CT molecular complexity index is 1270. The van der Waals surface area contributed by atoms with Crippen LogP contribution in [0.4, 0.5) is 4.79 Å². The molecule has 7 nitrogen and oxygen atoms in total. The van der Waals surface area contributed by atoms with E-state index in [4.69, 9.17) is 14.2 Å². The Morgan fingerprint density at radius 3 is 2.34 bits per heavy atom. The zero-order valence-electron chi connectivity index (χ0n) is 19.2. The monoisotopic (exact) mass is 489 g/mol. The maximum Gasteiger partial charge on any atom is 0.343 e. The number of benzene rings is 3. The summed E-state index contributed by atoms with van der Waals surface area (Å²) >= 11 is 0.841. The summed E-state index contributed by atoms with van der Waals surface area (Å²) in [5, 5.41) is -0.374. The number of thioether (sulfide) groups is 1. The molecule has 0 atom stereocenters. The standard InChI is InChI=1S/C27H23NO6S/c1-18-7-11-22(12-8-18)33-16-15-28-25(29)24(35-27(28)31)17-20-5-3-4-6-23(20)34-26(30)19-9-13-21(32-2)14-10-19/h3-14,17H,15-16H2,1-2H3/b24-17-. The number of aryl methyl sites for hydroxylation is 1. The highest BCUT2D eigenvalue weighted by Crippen LogP contribution is 2.34. The molecule has 35 heavy (non-hydrogen) atoms. The van der Waals surface area contributed by atoms with E-state index in [0.29, 0.717) is 22.6 Å². The largest absolute Gasteiger partial charge is 0.497 e. The number of amides is 2. The fourth-order valence-electron chi connectivity index (χ4n) is 3.30. The van der Waals surface area contributed by atoms with Gasteiger partial charge in [-0.3, -0.25) is 14.5 Å². The predicted octanol–water partition coefficient (Wildman–Crippen LogP) is 5.34. The van der Waals surface area contributed by atoms with E-state index < -0.39 is 11.9 Å². The molecular formula is C27H23NO6S. The molecule has 2 amide bonds. The number of carbonyl (C=O) groups is 3. The van der Waals surface area contributed by atoms with Crippen LogP contribution in [0.2, 0.25) is 0 Å². The van der Waals surface area contributed by atoms with Crippen LogP contribution in [0, 0.1) is 6.92 Å². The highest BCUT2D eigenvalue weighted by Gasteiger charge is 2.35. The molecule has 4 rings (SSSR count). The zero-order valence-corrected chi connectivity index (χ0v) is 20.0. The van der Waals surface area contributed by atoms with Gasteiger partial charge in [0.2, 0.25) is 0 Å². The van der Waals surface area contributed by atoms with Crippen molar-refractivity contribution in [3.05, 3.63) is 94.4 Å². The van der Waals surface area contributed by atoms with E-state index in [0.717, 1.165) is 22.2 Å². The summed E-state index contributed by atoms with van der Waals surface area (Å²) in [6, 6.07) is 20.9. The van der Waals surface area contributed by atoms with Gasteiger partial charge in [0.15, 0.2) is 0 Å². The van der Waals surface area contributed by atoms with E-state index in [1.807, 2.05) is 31.2 Å². The van der Waals surface area contributed by atoms with Crippen molar-refractivity contribution in [3.63, 3.8) is 0 Å². The Morgan fingerprint density at radius 1 is 0.943 bits per heavy atom. The molecule has 1 aliphatic heterocycles. The third kappa shape index (κ3) is 5.91. The number of nitrogens with zero attached hydrogens (tertiary/aromatic N) is 1. The van der Waals surface area contributed by atoms with E-state index in [-0.39, 0.29) is 29.0 Å². The third-order valence-corrected chi connectivity index (χ3v) is 6.12. The number of rotatable bonds is 8. The molecule has 1 fully saturated rings. The summed E-state index contributed by atoms with van der Waals surface area (Å²) < 4.78 is 16.3. The number of methoxy groups -OCH3 is 1. The first-order valence-corrected chi connectivity index (χ1v) is 11.7. The first kappa shape index (κ1) is 24.1. The smallest absolute Gasteiger partial charge is 0.343 e. The highest BCUT2D eigenvalue weighted by atomic mass is 32.2. The second-order valence-electron chi connectivity index (χ2n) is 7.65. The van der Waals surface area contributed by atoms with E-state index in [2.05, 4.69) is 0 Å². The number of esters is 1. The van der Waals surface area contributed by atoms with Gasteiger partial charge in [0.25, 0.3) is 11.1 Å². The number of carbonyl (C=O) groups excluding carboxylic acids is 3. The molecule has 3 aromatic carbocycles. The Balaban J connectivity index is 1.43. The molecule has 0 saturated carbocycles. The molecule has 3 aromatic rings. The Hall–Kier alpha value is -4.04. The van der Waals surface area contributed by atoms with Crippen molar-refractivity contribution in [1.29, 1.82) is 0 Å². The van der Waals surface area contributed by atoms with Crippen LogP contribution < -0.4 is 14.2 Å². The topological polar surface area (TPSA) is 82.1 Å². The normalized spacial score (nSPS) is 14.3. The number of hydrogen-bond donors (Lipinski definition) is 0. The van der Waals surface area contributed by atoms with Gasteiger partial charge in [0.1, 0.15) is 23.9 Å². The van der Waals surface area contributed by atoms with Crippen LogP contribution >= 0.6 is 11.8 Å². The molecule has 0 N–H and O–H groups in total. The Labute approximate surface area is 207 Å². The summed E-state index contributed by atoms with van der Waals surface area (Å²) in [4.78, 5) is 39.3. The van der Waals surface area contributed by atoms with Gasteiger partial charge in [-0.2, -0.15) is 0 Å². The lowest BCUT2D eigenvalue weighted by Crippen LogP contribution is -2.32. The van der Waals surface area contributed by atoms with Gasteiger partial charge in [-0.05, 0) is 67.2 Å². The van der Waals surface area contributed by atoms with Crippen LogP contribution in [-0.4, -0.2) is 42.3 Å². The van der Waals surface area contributed by atoms with Crippen molar-refractivity contribution in [1.82, 2.24) is 4.90 Å². The van der Waals surface area contributed by atoms with Crippen molar-refractivity contribution in [2.24, 2.45) is 0 Å². The van der Waals surface area contributed by atoms with Crippen LogP contribution in [0.1, 0.15) is 21.5 Å². The second kappa shape index (κ2) is 10.9.